The van der Waals surface area contributed by atoms with Gasteiger partial charge < -0.3 is 25.5 Å². The fraction of sp³-hybridized carbons (Fsp3) is 0.531. The number of carbonyl (C=O) groups is 3. The number of hydrogen-bond donors (Lipinski definition) is 3. The SMILES string of the molecule is CCCN(CC)C(=O)c1cc(C)cc(C(=O)N[C@@H](Cc2cc(F)cc(F)c2)[C@H](O)[C@H]2C[C@@H](N3CCCC3=O)CCN2)c1. The molecule has 0 spiro atoms. The zero-order valence-electron chi connectivity index (χ0n) is 24.7. The number of aliphatic hydroxyl groups is 1. The molecule has 0 radical (unpaired) electrons. The van der Waals surface area contributed by atoms with E-state index in [-0.39, 0.29) is 35.4 Å². The van der Waals surface area contributed by atoms with E-state index in [9.17, 15) is 28.3 Å². The lowest BCUT2D eigenvalue weighted by atomic mass is 9.88. The van der Waals surface area contributed by atoms with Gasteiger partial charge in [-0.05, 0) is 94.0 Å². The van der Waals surface area contributed by atoms with Crippen molar-refractivity contribution in [3.8, 4) is 0 Å². The Kier molecular flexibility index (Phi) is 10.7. The summed E-state index contributed by atoms with van der Waals surface area (Å²) in [5, 5.41) is 17.8. The van der Waals surface area contributed by atoms with Gasteiger partial charge in [-0.3, -0.25) is 14.4 Å². The second-order valence-corrected chi connectivity index (χ2v) is 11.5. The summed E-state index contributed by atoms with van der Waals surface area (Å²) in [7, 11) is 0. The first-order valence-corrected chi connectivity index (χ1v) is 15.0. The predicted octanol–water partition coefficient (Wildman–Crippen LogP) is 3.59. The van der Waals surface area contributed by atoms with Crippen LogP contribution in [0.5, 0.6) is 0 Å². The number of aryl methyl sites for hydroxylation is 1. The summed E-state index contributed by atoms with van der Waals surface area (Å²) in [6.07, 6.45) is 2.25. The van der Waals surface area contributed by atoms with Crippen LogP contribution in [0.25, 0.3) is 0 Å². The molecule has 2 aliphatic heterocycles. The Labute approximate surface area is 246 Å². The second-order valence-electron chi connectivity index (χ2n) is 11.5. The van der Waals surface area contributed by atoms with E-state index in [4.69, 9.17) is 0 Å². The van der Waals surface area contributed by atoms with E-state index in [0.29, 0.717) is 44.6 Å². The molecular weight excluding hydrogens is 542 g/mol. The molecule has 2 fully saturated rings. The van der Waals surface area contributed by atoms with E-state index in [1.54, 1.807) is 30.0 Å². The second kappa shape index (κ2) is 14.2. The minimum absolute atomic E-state index is 0.0230. The number of halogens is 2. The van der Waals surface area contributed by atoms with Crippen LogP contribution in [0.3, 0.4) is 0 Å². The maximum atomic E-state index is 14.1. The van der Waals surface area contributed by atoms with Gasteiger partial charge in [-0.25, -0.2) is 8.78 Å². The molecule has 0 unspecified atom stereocenters. The third-order valence-corrected chi connectivity index (χ3v) is 8.23. The van der Waals surface area contributed by atoms with Gasteiger partial charge in [0.05, 0.1) is 12.1 Å². The highest BCUT2D eigenvalue weighted by atomic mass is 19.1. The third kappa shape index (κ3) is 7.72. The molecule has 0 bridgehead atoms. The average Bonchev–Trinajstić information content (AvgIpc) is 3.39. The summed E-state index contributed by atoms with van der Waals surface area (Å²) in [6.45, 7) is 8.12. The first-order valence-electron chi connectivity index (χ1n) is 15.0. The highest BCUT2D eigenvalue weighted by Crippen LogP contribution is 2.25. The van der Waals surface area contributed by atoms with Crippen LogP contribution in [0.4, 0.5) is 8.78 Å². The molecule has 3 amide bonds. The molecule has 4 rings (SSSR count). The summed E-state index contributed by atoms with van der Waals surface area (Å²) in [5.41, 5.74) is 1.67. The largest absolute Gasteiger partial charge is 0.389 e. The quantitative estimate of drug-likeness (QED) is 0.375. The molecule has 10 heteroatoms. The van der Waals surface area contributed by atoms with Gasteiger partial charge in [0.15, 0.2) is 0 Å². The summed E-state index contributed by atoms with van der Waals surface area (Å²) >= 11 is 0. The van der Waals surface area contributed by atoms with Crippen LogP contribution < -0.4 is 10.6 Å². The molecule has 2 aliphatic rings. The summed E-state index contributed by atoms with van der Waals surface area (Å²) in [4.78, 5) is 42.7. The van der Waals surface area contributed by atoms with Gasteiger partial charge in [0, 0.05) is 55.3 Å². The molecule has 2 heterocycles. The van der Waals surface area contributed by atoms with Crippen molar-refractivity contribution >= 4 is 17.7 Å². The van der Waals surface area contributed by atoms with Crippen LogP contribution in [0.1, 0.15) is 77.8 Å². The number of likely N-dealkylation sites (tertiary alicyclic amines) is 1. The van der Waals surface area contributed by atoms with E-state index in [2.05, 4.69) is 10.6 Å². The smallest absolute Gasteiger partial charge is 0.253 e. The zero-order valence-corrected chi connectivity index (χ0v) is 24.7. The average molecular weight is 585 g/mol. The number of carbonyl (C=O) groups excluding carboxylic acids is 3. The van der Waals surface area contributed by atoms with Crippen LogP contribution in [-0.2, 0) is 11.2 Å². The van der Waals surface area contributed by atoms with E-state index in [1.807, 2.05) is 18.7 Å². The molecular formula is C32H42F2N4O4. The van der Waals surface area contributed by atoms with Crippen molar-refractivity contribution in [1.29, 1.82) is 0 Å². The topological polar surface area (TPSA) is 102 Å². The molecule has 0 aliphatic carbocycles. The number of nitrogens with one attached hydrogen (secondary N) is 2. The molecule has 2 aromatic rings. The Morgan fingerprint density at radius 3 is 2.48 bits per heavy atom. The Bertz CT molecular complexity index is 1270. The fourth-order valence-electron chi connectivity index (χ4n) is 6.19. The minimum atomic E-state index is -1.12. The number of aliphatic hydroxyl groups excluding tert-OH is 1. The first kappa shape index (κ1) is 31.6. The van der Waals surface area contributed by atoms with E-state index < -0.39 is 35.7 Å². The molecule has 228 valence electrons. The molecule has 2 aromatic carbocycles. The van der Waals surface area contributed by atoms with Crippen molar-refractivity contribution in [3.05, 3.63) is 70.3 Å². The lowest BCUT2D eigenvalue weighted by molar-refractivity contribution is -0.130. The van der Waals surface area contributed by atoms with Crippen molar-refractivity contribution in [2.75, 3.05) is 26.2 Å². The molecule has 3 N–H and O–H groups in total. The normalized spacial score (nSPS) is 20.3. The molecule has 0 saturated carbocycles. The van der Waals surface area contributed by atoms with E-state index >= 15 is 0 Å². The number of hydrogen-bond acceptors (Lipinski definition) is 5. The van der Waals surface area contributed by atoms with Crippen LogP contribution in [0.15, 0.2) is 36.4 Å². The maximum absolute atomic E-state index is 14.1. The summed E-state index contributed by atoms with van der Waals surface area (Å²) in [5.74, 6) is -2.06. The van der Waals surface area contributed by atoms with Crippen molar-refractivity contribution in [2.24, 2.45) is 0 Å². The van der Waals surface area contributed by atoms with Crippen molar-refractivity contribution in [1.82, 2.24) is 20.4 Å². The standard InChI is InChI=1S/C32H42F2N4O4/c1-4-10-37(5-2)32(42)23-13-20(3)12-22(17-23)31(41)36-28(16-21-14-24(33)18-25(34)15-21)30(40)27-19-26(8-9-35-27)38-11-6-7-29(38)39/h12-15,17-18,26-28,30,35,40H,4-11,16,19H2,1-3H3,(H,36,41)/t26-,27+,28-,30+/m0/s1. The Hall–Kier alpha value is -3.37. The van der Waals surface area contributed by atoms with Gasteiger partial charge in [0.25, 0.3) is 11.8 Å². The highest BCUT2D eigenvalue weighted by Gasteiger charge is 2.37. The number of rotatable bonds is 11. The summed E-state index contributed by atoms with van der Waals surface area (Å²) < 4.78 is 28.1. The third-order valence-electron chi connectivity index (χ3n) is 8.23. The summed E-state index contributed by atoms with van der Waals surface area (Å²) in [6, 6.07) is 6.71. The maximum Gasteiger partial charge on any atom is 0.253 e. The fourth-order valence-corrected chi connectivity index (χ4v) is 6.19. The van der Waals surface area contributed by atoms with Crippen LogP contribution in [0.2, 0.25) is 0 Å². The first-order chi connectivity index (χ1) is 20.1. The van der Waals surface area contributed by atoms with Gasteiger partial charge in [-0.1, -0.05) is 6.92 Å². The number of piperidine rings is 1. The lowest BCUT2D eigenvalue weighted by Crippen LogP contribution is -2.58. The van der Waals surface area contributed by atoms with Crippen LogP contribution >= 0.6 is 0 Å². The molecule has 42 heavy (non-hydrogen) atoms. The van der Waals surface area contributed by atoms with Crippen molar-refractivity contribution in [2.45, 2.75) is 83.5 Å². The van der Waals surface area contributed by atoms with Gasteiger partial charge in [0.1, 0.15) is 11.6 Å². The van der Waals surface area contributed by atoms with Gasteiger partial charge in [0.2, 0.25) is 5.91 Å². The minimum Gasteiger partial charge on any atom is -0.389 e. The Morgan fingerprint density at radius 1 is 1.12 bits per heavy atom. The Morgan fingerprint density at radius 2 is 1.83 bits per heavy atom. The number of amides is 3. The monoisotopic (exact) mass is 584 g/mol. The van der Waals surface area contributed by atoms with Gasteiger partial charge >= 0.3 is 0 Å². The number of nitrogens with zero attached hydrogens (tertiary/aromatic N) is 2. The molecule has 2 saturated heterocycles. The van der Waals surface area contributed by atoms with Gasteiger partial charge in [-0.15, -0.1) is 0 Å². The predicted molar refractivity (Wildman–Crippen MR) is 156 cm³/mol. The van der Waals surface area contributed by atoms with Gasteiger partial charge in [-0.2, -0.15) is 0 Å². The van der Waals surface area contributed by atoms with Crippen molar-refractivity contribution in [3.63, 3.8) is 0 Å². The molecule has 4 atom stereocenters. The zero-order chi connectivity index (χ0) is 30.4. The van der Waals surface area contributed by atoms with Crippen LogP contribution in [0, 0.1) is 18.6 Å². The van der Waals surface area contributed by atoms with E-state index in [1.165, 1.54) is 12.1 Å². The van der Waals surface area contributed by atoms with E-state index in [0.717, 1.165) is 30.9 Å². The molecule has 8 nitrogen and oxygen atoms in total. The number of benzene rings is 2. The Balaban J connectivity index is 1.58. The molecule has 0 aromatic heterocycles. The van der Waals surface area contributed by atoms with Crippen molar-refractivity contribution < 1.29 is 28.3 Å². The lowest BCUT2D eigenvalue weighted by Gasteiger charge is -2.40. The van der Waals surface area contributed by atoms with Crippen LogP contribution in [-0.4, -0.2) is 83.0 Å². The highest BCUT2D eigenvalue weighted by molar-refractivity contribution is 6.00.